The quantitative estimate of drug-likeness (QED) is 0.673. The average molecular weight is 341 g/mol. The number of aryl methyl sites for hydroxylation is 1. The Hall–Kier alpha value is -1.42. The molecule has 0 amide bonds. The van der Waals surface area contributed by atoms with Crippen LogP contribution in [0.25, 0.3) is 0 Å². The normalized spacial score (nSPS) is 12.4. The highest BCUT2D eigenvalue weighted by molar-refractivity contribution is 9.09. The van der Waals surface area contributed by atoms with Crippen molar-refractivity contribution in [2.75, 3.05) is 0 Å². The Morgan fingerprint density at radius 1 is 1.10 bits per heavy atom. The molecule has 0 heterocycles. The van der Waals surface area contributed by atoms with E-state index >= 15 is 0 Å². The molecule has 0 spiro atoms. The molecule has 2 aromatic carbocycles. The lowest BCUT2D eigenvalue weighted by atomic mass is 10.0. The van der Waals surface area contributed by atoms with Crippen molar-refractivity contribution >= 4 is 15.9 Å². The fourth-order valence-corrected chi connectivity index (χ4v) is 2.71. The summed E-state index contributed by atoms with van der Waals surface area (Å²) in [6.45, 7) is -0.750. The van der Waals surface area contributed by atoms with Gasteiger partial charge in [-0.15, -0.1) is 0 Å². The van der Waals surface area contributed by atoms with Gasteiger partial charge in [-0.1, -0.05) is 57.9 Å². The van der Waals surface area contributed by atoms with Crippen molar-refractivity contribution in [2.24, 2.45) is 0 Å². The number of alkyl halides is 3. The summed E-state index contributed by atoms with van der Waals surface area (Å²) in [6, 6.07) is 15.0. The molecule has 0 aromatic heterocycles. The zero-order chi connectivity index (χ0) is 14.5. The van der Waals surface area contributed by atoms with Gasteiger partial charge in [-0.25, -0.2) is 0 Å². The van der Waals surface area contributed by atoms with E-state index in [0.29, 0.717) is 0 Å². The summed E-state index contributed by atoms with van der Waals surface area (Å²) in [6.07, 6.45) is 0.791. The lowest BCUT2D eigenvalue weighted by Crippen LogP contribution is -2.03. The van der Waals surface area contributed by atoms with E-state index in [1.807, 2.05) is 25.1 Å². The Kier molecular flexibility index (Phi) is 5.12. The van der Waals surface area contributed by atoms with Gasteiger partial charge in [0.25, 0.3) is 0 Å². The second-order valence-electron chi connectivity index (χ2n) is 4.61. The smallest absolute Gasteiger partial charge is 0.387 e. The summed E-state index contributed by atoms with van der Waals surface area (Å²) in [7, 11) is 0. The Bertz CT molecular complexity index is 572. The molecule has 4 heteroatoms. The van der Waals surface area contributed by atoms with Crippen molar-refractivity contribution in [3.63, 3.8) is 0 Å². The largest absolute Gasteiger partial charge is 0.435 e. The van der Waals surface area contributed by atoms with Crippen LogP contribution in [-0.2, 0) is 6.42 Å². The number of benzene rings is 2. The van der Waals surface area contributed by atoms with Crippen LogP contribution >= 0.6 is 15.9 Å². The summed E-state index contributed by atoms with van der Waals surface area (Å²) >= 11 is 3.60. The molecule has 0 saturated heterocycles. The van der Waals surface area contributed by atoms with E-state index in [4.69, 9.17) is 0 Å². The van der Waals surface area contributed by atoms with E-state index < -0.39 is 6.61 Å². The van der Waals surface area contributed by atoms with Gasteiger partial charge in [0.1, 0.15) is 5.75 Å². The molecular formula is C16H15BrF2O. The molecule has 0 N–H and O–H groups in total. The minimum Gasteiger partial charge on any atom is -0.435 e. The van der Waals surface area contributed by atoms with Gasteiger partial charge in [0.2, 0.25) is 0 Å². The van der Waals surface area contributed by atoms with Gasteiger partial charge in [0.15, 0.2) is 0 Å². The van der Waals surface area contributed by atoms with Gasteiger partial charge in [0, 0.05) is 4.83 Å². The highest BCUT2D eigenvalue weighted by Crippen LogP contribution is 2.30. The second-order valence-corrected chi connectivity index (χ2v) is 5.72. The fourth-order valence-electron chi connectivity index (χ4n) is 2.05. The van der Waals surface area contributed by atoms with Crippen LogP contribution in [0.2, 0.25) is 0 Å². The van der Waals surface area contributed by atoms with Crippen LogP contribution in [-0.4, -0.2) is 6.61 Å². The van der Waals surface area contributed by atoms with Crippen molar-refractivity contribution in [1.82, 2.24) is 0 Å². The molecule has 0 fully saturated rings. The van der Waals surface area contributed by atoms with Crippen LogP contribution < -0.4 is 4.74 Å². The molecule has 0 radical (unpaired) electrons. The maximum absolute atomic E-state index is 12.2. The average Bonchev–Trinajstić information content (AvgIpc) is 2.38. The van der Waals surface area contributed by atoms with Gasteiger partial charge < -0.3 is 4.74 Å². The second kappa shape index (κ2) is 6.84. The van der Waals surface area contributed by atoms with E-state index in [-0.39, 0.29) is 10.6 Å². The third-order valence-electron chi connectivity index (χ3n) is 2.94. The Morgan fingerprint density at radius 3 is 2.55 bits per heavy atom. The molecule has 1 atom stereocenters. The van der Waals surface area contributed by atoms with Gasteiger partial charge >= 0.3 is 6.61 Å². The van der Waals surface area contributed by atoms with E-state index in [2.05, 4.69) is 32.8 Å². The van der Waals surface area contributed by atoms with Gasteiger partial charge in [-0.2, -0.15) is 8.78 Å². The van der Waals surface area contributed by atoms with Crippen molar-refractivity contribution in [2.45, 2.75) is 24.8 Å². The van der Waals surface area contributed by atoms with Gasteiger partial charge in [-0.3, -0.25) is 0 Å². The van der Waals surface area contributed by atoms with Crippen molar-refractivity contribution < 1.29 is 13.5 Å². The van der Waals surface area contributed by atoms with Gasteiger partial charge in [-0.05, 0) is 36.6 Å². The molecular weight excluding hydrogens is 326 g/mol. The van der Waals surface area contributed by atoms with E-state index in [9.17, 15) is 8.78 Å². The Labute approximate surface area is 125 Å². The standard InChI is InChI=1S/C16H15BrF2O/c1-11-4-2-5-12(8-11)9-15(17)13-6-3-7-14(10-13)20-16(18)19/h2-8,10,15-16H,9H2,1H3. The molecule has 0 aliphatic rings. The maximum Gasteiger partial charge on any atom is 0.387 e. The molecule has 2 rings (SSSR count). The number of halogens is 3. The number of rotatable bonds is 5. The van der Waals surface area contributed by atoms with Crippen LogP contribution in [0.5, 0.6) is 5.75 Å². The molecule has 1 unspecified atom stereocenters. The molecule has 20 heavy (non-hydrogen) atoms. The Morgan fingerprint density at radius 2 is 1.85 bits per heavy atom. The first kappa shape index (κ1) is 15.0. The summed E-state index contributed by atoms with van der Waals surface area (Å²) in [4.78, 5) is 0.0607. The monoisotopic (exact) mass is 340 g/mol. The van der Waals surface area contributed by atoms with Crippen molar-refractivity contribution in [3.8, 4) is 5.75 Å². The molecule has 106 valence electrons. The molecule has 0 saturated carbocycles. The van der Waals surface area contributed by atoms with E-state index in [1.54, 1.807) is 12.1 Å². The summed E-state index contributed by atoms with van der Waals surface area (Å²) in [5.41, 5.74) is 3.33. The zero-order valence-electron chi connectivity index (χ0n) is 11.0. The zero-order valence-corrected chi connectivity index (χ0v) is 12.6. The third kappa shape index (κ3) is 4.30. The molecule has 0 aliphatic heterocycles. The van der Waals surface area contributed by atoms with Crippen LogP contribution in [0.4, 0.5) is 8.78 Å². The summed E-state index contributed by atoms with van der Waals surface area (Å²) in [5.74, 6) is 0.186. The number of hydrogen-bond donors (Lipinski definition) is 0. The van der Waals surface area contributed by atoms with Crippen LogP contribution in [0.15, 0.2) is 48.5 Å². The highest BCUT2D eigenvalue weighted by atomic mass is 79.9. The Balaban J connectivity index is 2.10. The molecule has 1 nitrogen and oxygen atoms in total. The lowest BCUT2D eigenvalue weighted by Gasteiger charge is -2.12. The van der Waals surface area contributed by atoms with Crippen LogP contribution in [0, 0.1) is 6.92 Å². The predicted molar refractivity (Wildman–Crippen MR) is 79.6 cm³/mol. The molecule has 2 aromatic rings. The van der Waals surface area contributed by atoms with Crippen molar-refractivity contribution in [3.05, 3.63) is 65.2 Å². The first-order chi connectivity index (χ1) is 9.54. The van der Waals surface area contributed by atoms with Crippen LogP contribution in [0.1, 0.15) is 21.5 Å². The van der Waals surface area contributed by atoms with E-state index in [0.717, 1.165) is 12.0 Å². The topological polar surface area (TPSA) is 9.23 Å². The highest BCUT2D eigenvalue weighted by Gasteiger charge is 2.11. The van der Waals surface area contributed by atoms with Gasteiger partial charge in [0.05, 0.1) is 0 Å². The van der Waals surface area contributed by atoms with Crippen LogP contribution in [0.3, 0.4) is 0 Å². The fraction of sp³-hybridized carbons (Fsp3) is 0.250. The summed E-state index contributed by atoms with van der Waals surface area (Å²) in [5, 5.41) is 0. The van der Waals surface area contributed by atoms with Crippen molar-refractivity contribution in [1.29, 1.82) is 0 Å². The molecule has 0 bridgehead atoms. The lowest BCUT2D eigenvalue weighted by molar-refractivity contribution is -0.0498. The third-order valence-corrected chi connectivity index (χ3v) is 3.79. The number of hydrogen-bond acceptors (Lipinski definition) is 1. The first-order valence-electron chi connectivity index (χ1n) is 6.29. The minimum atomic E-state index is -2.80. The SMILES string of the molecule is Cc1cccc(CC(Br)c2cccc(OC(F)F)c2)c1. The maximum atomic E-state index is 12.2. The predicted octanol–water partition coefficient (Wildman–Crippen LogP) is 5.28. The number of ether oxygens (including phenoxy) is 1. The minimum absolute atomic E-state index is 0.0607. The molecule has 0 aliphatic carbocycles. The first-order valence-corrected chi connectivity index (χ1v) is 7.20. The van der Waals surface area contributed by atoms with E-state index in [1.165, 1.54) is 17.2 Å². The summed E-state index contributed by atoms with van der Waals surface area (Å²) < 4.78 is 28.8.